The third kappa shape index (κ3) is 3.14. The van der Waals surface area contributed by atoms with Crippen LogP contribution in [-0.2, 0) is 9.53 Å². The fourth-order valence-electron chi connectivity index (χ4n) is 1.70. The Hall–Kier alpha value is -1.68. The molecule has 90 valence electrons. The lowest BCUT2D eigenvalue weighted by atomic mass is 10.0. The zero-order chi connectivity index (χ0) is 12.1. The number of ketones is 1. The van der Waals surface area contributed by atoms with Gasteiger partial charge in [-0.1, -0.05) is 0 Å². The van der Waals surface area contributed by atoms with Crippen LogP contribution in [0.15, 0.2) is 24.3 Å². The molecule has 1 saturated heterocycles. The molecule has 0 bridgehead atoms. The Morgan fingerprint density at radius 3 is 2.76 bits per heavy atom. The maximum atomic E-state index is 11.7. The summed E-state index contributed by atoms with van der Waals surface area (Å²) >= 11 is 0. The van der Waals surface area contributed by atoms with Crippen LogP contribution in [0.2, 0.25) is 0 Å². The summed E-state index contributed by atoms with van der Waals surface area (Å²) in [6, 6.07) is 6.68. The van der Waals surface area contributed by atoms with Crippen LogP contribution in [0.3, 0.4) is 0 Å². The molecule has 0 spiro atoms. The summed E-state index contributed by atoms with van der Waals surface area (Å²) in [6.45, 7) is 1.23. The molecular weight excluding hydrogens is 220 g/mol. The minimum atomic E-state index is -0.0238. The molecule has 0 aromatic heterocycles. The molecule has 1 heterocycles. The standard InChI is InChI=1S/C13H14O4/c14-7-10-1-3-12(4-2-10)17-9-13(15)11-5-6-16-8-11/h1-4,7,11H,5-6,8-9H2. The van der Waals surface area contributed by atoms with Crippen molar-refractivity contribution in [2.45, 2.75) is 6.42 Å². The fraction of sp³-hybridized carbons (Fsp3) is 0.385. The first kappa shape index (κ1) is 11.8. The van der Waals surface area contributed by atoms with Crippen LogP contribution in [0, 0.1) is 5.92 Å². The van der Waals surface area contributed by atoms with Crippen molar-refractivity contribution in [1.29, 1.82) is 0 Å². The molecular formula is C13H14O4. The van der Waals surface area contributed by atoms with E-state index in [1.807, 2.05) is 0 Å². The molecule has 0 N–H and O–H groups in total. The topological polar surface area (TPSA) is 52.6 Å². The van der Waals surface area contributed by atoms with E-state index in [0.717, 1.165) is 12.7 Å². The Bertz CT molecular complexity index is 390. The molecule has 1 fully saturated rings. The summed E-state index contributed by atoms with van der Waals surface area (Å²) < 4.78 is 10.5. The minimum Gasteiger partial charge on any atom is -0.486 e. The van der Waals surface area contributed by atoms with Gasteiger partial charge in [0.25, 0.3) is 0 Å². The molecule has 2 rings (SSSR count). The van der Waals surface area contributed by atoms with Gasteiger partial charge in [0.1, 0.15) is 18.6 Å². The van der Waals surface area contributed by atoms with E-state index < -0.39 is 0 Å². The maximum absolute atomic E-state index is 11.7. The first-order valence-corrected chi connectivity index (χ1v) is 5.58. The third-order valence-corrected chi connectivity index (χ3v) is 2.78. The molecule has 1 aromatic carbocycles. The molecule has 0 radical (unpaired) electrons. The zero-order valence-corrected chi connectivity index (χ0v) is 9.43. The van der Waals surface area contributed by atoms with Crippen molar-refractivity contribution in [2.24, 2.45) is 5.92 Å². The first-order chi connectivity index (χ1) is 8.29. The molecule has 0 aliphatic carbocycles. The lowest BCUT2D eigenvalue weighted by Gasteiger charge is -2.08. The Morgan fingerprint density at radius 2 is 2.18 bits per heavy atom. The summed E-state index contributed by atoms with van der Waals surface area (Å²) in [6.07, 6.45) is 1.55. The summed E-state index contributed by atoms with van der Waals surface area (Å²) in [5.41, 5.74) is 0.591. The minimum absolute atomic E-state index is 0.0238. The van der Waals surface area contributed by atoms with Gasteiger partial charge in [-0.25, -0.2) is 0 Å². The van der Waals surface area contributed by atoms with Crippen LogP contribution < -0.4 is 4.74 Å². The van der Waals surface area contributed by atoms with Gasteiger partial charge < -0.3 is 9.47 Å². The molecule has 0 saturated carbocycles. The van der Waals surface area contributed by atoms with Gasteiger partial charge in [0.05, 0.1) is 6.61 Å². The summed E-state index contributed by atoms with van der Waals surface area (Å²) in [7, 11) is 0. The van der Waals surface area contributed by atoms with Crippen LogP contribution in [0.25, 0.3) is 0 Å². The number of rotatable bonds is 5. The molecule has 1 atom stereocenters. The molecule has 4 nitrogen and oxygen atoms in total. The van der Waals surface area contributed by atoms with Crippen molar-refractivity contribution in [2.75, 3.05) is 19.8 Å². The van der Waals surface area contributed by atoms with E-state index in [0.29, 0.717) is 24.5 Å². The highest BCUT2D eigenvalue weighted by molar-refractivity contribution is 5.82. The molecule has 1 unspecified atom stereocenters. The van der Waals surface area contributed by atoms with E-state index in [1.54, 1.807) is 24.3 Å². The van der Waals surface area contributed by atoms with E-state index in [4.69, 9.17) is 9.47 Å². The average molecular weight is 234 g/mol. The predicted octanol–water partition coefficient (Wildman–Crippen LogP) is 1.48. The average Bonchev–Trinajstić information content (AvgIpc) is 2.90. The quantitative estimate of drug-likeness (QED) is 0.724. The molecule has 1 aromatic rings. The van der Waals surface area contributed by atoms with E-state index in [2.05, 4.69) is 0 Å². The fourth-order valence-corrected chi connectivity index (χ4v) is 1.70. The van der Waals surface area contributed by atoms with Crippen molar-refractivity contribution >= 4 is 12.1 Å². The number of hydrogen-bond donors (Lipinski definition) is 0. The summed E-state index contributed by atoms with van der Waals surface area (Å²) in [5, 5.41) is 0. The molecule has 0 amide bonds. The highest BCUT2D eigenvalue weighted by Crippen LogP contribution is 2.15. The van der Waals surface area contributed by atoms with Crippen molar-refractivity contribution in [3.05, 3.63) is 29.8 Å². The number of Topliss-reactive ketones (excluding diaryl/α,β-unsaturated/α-hetero) is 1. The summed E-state index contributed by atoms with van der Waals surface area (Å²) in [4.78, 5) is 22.1. The number of hydrogen-bond acceptors (Lipinski definition) is 4. The van der Waals surface area contributed by atoms with E-state index >= 15 is 0 Å². The Labute approximate surface area is 99.5 Å². The maximum Gasteiger partial charge on any atom is 0.175 e. The molecule has 1 aliphatic rings. The van der Waals surface area contributed by atoms with Gasteiger partial charge in [0.15, 0.2) is 5.78 Å². The number of carbonyl (C=O) groups is 2. The second-order valence-electron chi connectivity index (χ2n) is 4.00. The smallest absolute Gasteiger partial charge is 0.175 e. The van der Waals surface area contributed by atoms with Crippen molar-refractivity contribution in [3.63, 3.8) is 0 Å². The normalized spacial score (nSPS) is 18.9. The second kappa shape index (κ2) is 5.59. The van der Waals surface area contributed by atoms with Crippen LogP contribution in [-0.4, -0.2) is 31.9 Å². The predicted molar refractivity (Wildman–Crippen MR) is 61.3 cm³/mol. The largest absolute Gasteiger partial charge is 0.486 e. The van der Waals surface area contributed by atoms with Gasteiger partial charge >= 0.3 is 0 Å². The first-order valence-electron chi connectivity index (χ1n) is 5.58. The van der Waals surface area contributed by atoms with Gasteiger partial charge in [-0.05, 0) is 30.7 Å². The Kier molecular flexibility index (Phi) is 3.88. The van der Waals surface area contributed by atoms with Crippen LogP contribution in [0.4, 0.5) is 0 Å². The lowest BCUT2D eigenvalue weighted by Crippen LogP contribution is -2.21. The van der Waals surface area contributed by atoms with E-state index in [-0.39, 0.29) is 18.3 Å². The monoisotopic (exact) mass is 234 g/mol. The lowest BCUT2D eigenvalue weighted by molar-refractivity contribution is -0.124. The van der Waals surface area contributed by atoms with Crippen molar-refractivity contribution in [1.82, 2.24) is 0 Å². The molecule has 4 heteroatoms. The Balaban J connectivity index is 1.84. The summed E-state index contributed by atoms with van der Waals surface area (Å²) in [5.74, 6) is 0.647. The van der Waals surface area contributed by atoms with Crippen LogP contribution >= 0.6 is 0 Å². The third-order valence-electron chi connectivity index (χ3n) is 2.78. The van der Waals surface area contributed by atoms with E-state index in [1.165, 1.54) is 0 Å². The molecule has 1 aliphatic heterocycles. The number of aldehydes is 1. The number of carbonyl (C=O) groups excluding carboxylic acids is 2. The van der Waals surface area contributed by atoms with Gasteiger partial charge in [0.2, 0.25) is 0 Å². The van der Waals surface area contributed by atoms with Gasteiger partial charge in [-0.15, -0.1) is 0 Å². The van der Waals surface area contributed by atoms with Crippen LogP contribution in [0.1, 0.15) is 16.8 Å². The Morgan fingerprint density at radius 1 is 1.41 bits per heavy atom. The van der Waals surface area contributed by atoms with Gasteiger partial charge in [-0.2, -0.15) is 0 Å². The molecule has 17 heavy (non-hydrogen) atoms. The van der Waals surface area contributed by atoms with E-state index in [9.17, 15) is 9.59 Å². The van der Waals surface area contributed by atoms with Gasteiger partial charge in [-0.3, -0.25) is 9.59 Å². The van der Waals surface area contributed by atoms with Crippen molar-refractivity contribution < 1.29 is 19.1 Å². The number of benzene rings is 1. The van der Waals surface area contributed by atoms with Crippen molar-refractivity contribution in [3.8, 4) is 5.75 Å². The number of ether oxygens (including phenoxy) is 2. The zero-order valence-electron chi connectivity index (χ0n) is 9.43. The van der Waals surface area contributed by atoms with Crippen LogP contribution in [0.5, 0.6) is 5.75 Å². The SMILES string of the molecule is O=Cc1ccc(OCC(=O)C2CCOC2)cc1. The highest BCUT2D eigenvalue weighted by Gasteiger charge is 2.23. The van der Waals surface area contributed by atoms with Gasteiger partial charge in [0, 0.05) is 18.1 Å². The second-order valence-corrected chi connectivity index (χ2v) is 4.00. The highest BCUT2D eigenvalue weighted by atomic mass is 16.5.